The predicted octanol–water partition coefficient (Wildman–Crippen LogP) is 2.96. The van der Waals surface area contributed by atoms with E-state index in [4.69, 9.17) is 0 Å². The quantitative estimate of drug-likeness (QED) is 0.897. The molecule has 0 aliphatic heterocycles. The number of anilines is 1. The number of carbonyl (C=O) groups excluding carboxylic acids is 1. The molecule has 1 aromatic heterocycles. The first-order valence-electron chi connectivity index (χ1n) is 6.16. The van der Waals surface area contributed by atoms with Crippen LogP contribution in [0.15, 0.2) is 24.5 Å². The number of hydrogen-bond donors (Lipinski definition) is 1. The van der Waals surface area contributed by atoms with Gasteiger partial charge >= 0.3 is 0 Å². The van der Waals surface area contributed by atoms with Crippen LogP contribution in [0, 0.1) is 27.7 Å². The second-order valence-corrected chi connectivity index (χ2v) is 4.71. The molecule has 0 aliphatic rings. The highest BCUT2D eigenvalue weighted by molar-refractivity contribution is 6.04. The van der Waals surface area contributed by atoms with Crippen molar-refractivity contribution in [2.24, 2.45) is 0 Å². The predicted molar refractivity (Wildman–Crippen MR) is 75.4 cm³/mol. The van der Waals surface area contributed by atoms with Crippen LogP contribution in [0.5, 0.6) is 0 Å². The number of hydrogen-bond acceptors (Lipinski definition) is 3. The third-order valence-electron chi connectivity index (χ3n) is 3.19. The Labute approximate surface area is 112 Å². The van der Waals surface area contributed by atoms with Gasteiger partial charge in [0, 0.05) is 16.9 Å². The van der Waals surface area contributed by atoms with E-state index in [-0.39, 0.29) is 5.91 Å². The largest absolute Gasteiger partial charge is 0.320 e. The van der Waals surface area contributed by atoms with Gasteiger partial charge in [0.1, 0.15) is 12.0 Å². The van der Waals surface area contributed by atoms with Crippen LogP contribution in [0.25, 0.3) is 0 Å². The van der Waals surface area contributed by atoms with E-state index in [1.165, 1.54) is 6.33 Å². The second-order valence-electron chi connectivity index (χ2n) is 4.71. The van der Waals surface area contributed by atoms with Crippen LogP contribution in [0.2, 0.25) is 0 Å². The summed E-state index contributed by atoms with van der Waals surface area (Å²) in [7, 11) is 0. The van der Waals surface area contributed by atoms with Crippen LogP contribution in [-0.4, -0.2) is 15.9 Å². The van der Waals surface area contributed by atoms with Crippen molar-refractivity contribution in [2.75, 3.05) is 5.32 Å². The molecule has 98 valence electrons. The molecule has 0 fully saturated rings. The zero-order chi connectivity index (χ0) is 14.0. The molecule has 0 atom stereocenters. The Morgan fingerprint density at radius 1 is 1.11 bits per heavy atom. The number of aryl methyl sites for hydroxylation is 3. The maximum Gasteiger partial charge on any atom is 0.274 e. The fourth-order valence-electron chi connectivity index (χ4n) is 1.82. The lowest BCUT2D eigenvalue weighted by atomic mass is 10.1. The first-order chi connectivity index (χ1) is 8.99. The summed E-state index contributed by atoms with van der Waals surface area (Å²) in [6.07, 6.45) is 1.42. The molecule has 1 heterocycles. The summed E-state index contributed by atoms with van der Waals surface area (Å²) in [6.45, 7) is 7.68. The fourth-order valence-corrected chi connectivity index (χ4v) is 1.82. The molecule has 2 rings (SSSR count). The number of rotatable bonds is 2. The molecule has 0 radical (unpaired) electrons. The summed E-state index contributed by atoms with van der Waals surface area (Å²) >= 11 is 0. The molecule has 19 heavy (non-hydrogen) atoms. The van der Waals surface area contributed by atoms with Crippen molar-refractivity contribution in [2.45, 2.75) is 27.7 Å². The van der Waals surface area contributed by atoms with E-state index in [2.05, 4.69) is 15.3 Å². The van der Waals surface area contributed by atoms with Gasteiger partial charge in [0.2, 0.25) is 0 Å². The van der Waals surface area contributed by atoms with Gasteiger partial charge in [0.15, 0.2) is 0 Å². The lowest BCUT2D eigenvalue weighted by molar-refractivity contribution is 0.102. The molecule has 0 aliphatic carbocycles. The van der Waals surface area contributed by atoms with Crippen LogP contribution in [0.4, 0.5) is 5.69 Å². The average Bonchev–Trinajstić information content (AvgIpc) is 2.37. The number of benzene rings is 1. The molecule has 1 aromatic carbocycles. The van der Waals surface area contributed by atoms with Gasteiger partial charge in [-0.2, -0.15) is 0 Å². The Bertz CT molecular complexity index is 635. The first kappa shape index (κ1) is 13.2. The van der Waals surface area contributed by atoms with Gasteiger partial charge in [-0.25, -0.2) is 9.97 Å². The van der Waals surface area contributed by atoms with Crippen molar-refractivity contribution in [1.82, 2.24) is 9.97 Å². The molecule has 0 saturated heterocycles. The molecule has 0 bridgehead atoms. The van der Waals surface area contributed by atoms with E-state index in [1.54, 1.807) is 0 Å². The molecule has 2 aromatic rings. The van der Waals surface area contributed by atoms with Crippen molar-refractivity contribution < 1.29 is 4.79 Å². The van der Waals surface area contributed by atoms with Gasteiger partial charge in [-0.15, -0.1) is 0 Å². The number of aromatic nitrogens is 2. The highest BCUT2D eigenvalue weighted by Crippen LogP contribution is 2.18. The number of nitrogens with zero attached hydrogens (tertiary/aromatic N) is 2. The normalized spacial score (nSPS) is 10.3. The average molecular weight is 255 g/mol. The summed E-state index contributed by atoms with van der Waals surface area (Å²) in [4.78, 5) is 20.4. The number of amides is 1. The number of nitrogens with one attached hydrogen (secondary N) is 1. The highest BCUT2D eigenvalue weighted by Gasteiger charge is 2.13. The molecule has 0 spiro atoms. The Morgan fingerprint density at radius 3 is 2.58 bits per heavy atom. The molecule has 0 unspecified atom stereocenters. The smallest absolute Gasteiger partial charge is 0.274 e. The van der Waals surface area contributed by atoms with Gasteiger partial charge < -0.3 is 5.32 Å². The Kier molecular flexibility index (Phi) is 3.60. The van der Waals surface area contributed by atoms with E-state index in [0.717, 1.165) is 28.1 Å². The molecule has 1 amide bonds. The summed E-state index contributed by atoms with van der Waals surface area (Å²) in [5.74, 6) is -0.197. The van der Waals surface area contributed by atoms with E-state index in [1.807, 2.05) is 45.9 Å². The SMILES string of the molecule is Cc1ccc(C)c(NC(=O)c2ncnc(C)c2C)c1. The maximum absolute atomic E-state index is 12.2. The third kappa shape index (κ3) is 2.78. The standard InChI is InChI=1S/C15H17N3O/c1-9-5-6-10(2)13(7-9)18-15(19)14-11(3)12(4)16-8-17-14/h5-8H,1-4H3,(H,18,19). The van der Waals surface area contributed by atoms with Crippen LogP contribution in [0.3, 0.4) is 0 Å². The van der Waals surface area contributed by atoms with Crippen LogP contribution in [-0.2, 0) is 0 Å². The second kappa shape index (κ2) is 5.18. The van der Waals surface area contributed by atoms with Gasteiger partial charge in [-0.3, -0.25) is 4.79 Å². The fraction of sp³-hybridized carbons (Fsp3) is 0.267. The monoisotopic (exact) mass is 255 g/mol. The molecular formula is C15H17N3O. The van der Waals surface area contributed by atoms with Crippen LogP contribution >= 0.6 is 0 Å². The molecule has 1 N–H and O–H groups in total. The third-order valence-corrected chi connectivity index (χ3v) is 3.19. The summed E-state index contributed by atoms with van der Waals surface area (Å²) in [5, 5.41) is 2.91. The topological polar surface area (TPSA) is 54.9 Å². The summed E-state index contributed by atoms with van der Waals surface area (Å²) in [5.41, 5.74) is 5.01. The van der Waals surface area contributed by atoms with Gasteiger partial charge in [-0.1, -0.05) is 12.1 Å². The van der Waals surface area contributed by atoms with E-state index >= 15 is 0 Å². The minimum Gasteiger partial charge on any atom is -0.320 e. The van der Waals surface area contributed by atoms with Crippen LogP contribution in [0.1, 0.15) is 32.9 Å². The van der Waals surface area contributed by atoms with E-state index in [9.17, 15) is 4.79 Å². The van der Waals surface area contributed by atoms with Crippen molar-refractivity contribution in [3.05, 3.63) is 52.6 Å². The van der Waals surface area contributed by atoms with Crippen LogP contribution < -0.4 is 5.32 Å². The minimum atomic E-state index is -0.197. The minimum absolute atomic E-state index is 0.197. The lowest BCUT2D eigenvalue weighted by Gasteiger charge is -2.10. The Balaban J connectivity index is 2.31. The zero-order valence-electron chi connectivity index (χ0n) is 11.6. The molecule has 0 saturated carbocycles. The van der Waals surface area contributed by atoms with Crippen molar-refractivity contribution in [3.8, 4) is 0 Å². The maximum atomic E-state index is 12.2. The zero-order valence-corrected chi connectivity index (χ0v) is 11.6. The van der Waals surface area contributed by atoms with Gasteiger partial charge in [0.25, 0.3) is 5.91 Å². The van der Waals surface area contributed by atoms with E-state index < -0.39 is 0 Å². The van der Waals surface area contributed by atoms with Gasteiger partial charge in [-0.05, 0) is 44.9 Å². The van der Waals surface area contributed by atoms with E-state index in [0.29, 0.717) is 5.69 Å². The van der Waals surface area contributed by atoms with Crippen molar-refractivity contribution >= 4 is 11.6 Å². The van der Waals surface area contributed by atoms with Gasteiger partial charge in [0.05, 0.1) is 0 Å². The summed E-state index contributed by atoms with van der Waals surface area (Å²) < 4.78 is 0. The highest BCUT2D eigenvalue weighted by atomic mass is 16.1. The number of carbonyl (C=O) groups is 1. The Morgan fingerprint density at radius 2 is 1.84 bits per heavy atom. The van der Waals surface area contributed by atoms with Crippen molar-refractivity contribution in [3.63, 3.8) is 0 Å². The van der Waals surface area contributed by atoms with Crippen molar-refractivity contribution in [1.29, 1.82) is 0 Å². The molecule has 4 nitrogen and oxygen atoms in total. The Hall–Kier alpha value is -2.23. The molecular weight excluding hydrogens is 238 g/mol. The summed E-state index contributed by atoms with van der Waals surface area (Å²) in [6, 6.07) is 5.96. The molecule has 4 heteroatoms. The lowest BCUT2D eigenvalue weighted by Crippen LogP contribution is -2.17. The first-order valence-corrected chi connectivity index (χ1v) is 6.16.